The Morgan fingerprint density at radius 3 is 2.60 bits per heavy atom. The molecule has 15 heavy (non-hydrogen) atoms. The number of aliphatic carboxylic acids is 1. The van der Waals surface area contributed by atoms with Crippen LogP contribution in [-0.4, -0.2) is 16.1 Å². The van der Waals surface area contributed by atoms with Crippen LogP contribution in [0, 0.1) is 11.2 Å². The van der Waals surface area contributed by atoms with Gasteiger partial charge in [0, 0.05) is 6.20 Å². The molecule has 1 atom stereocenters. The van der Waals surface area contributed by atoms with E-state index >= 15 is 0 Å². The molecular weight excluding hydrogens is 197 g/mol. The van der Waals surface area contributed by atoms with Gasteiger partial charge in [-0.3, -0.25) is 9.78 Å². The van der Waals surface area contributed by atoms with Gasteiger partial charge in [0.25, 0.3) is 0 Å². The van der Waals surface area contributed by atoms with Crippen LogP contribution in [0.5, 0.6) is 0 Å². The summed E-state index contributed by atoms with van der Waals surface area (Å²) in [5.41, 5.74) is -1.51. The van der Waals surface area contributed by atoms with Crippen molar-refractivity contribution in [2.24, 2.45) is 5.41 Å². The third-order valence-electron chi connectivity index (χ3n) is 3.27. The summed E-state index contributed by atoms with van der Waals surface area (Å²) in [5.74, 6) is -1.53. The first-order valence-electron chi connectivity index (χ1n) is 4.76. The van der Waals surface area contributed by atoms with Gasteiger partial charge in [-0.1, -0.05) is 13.8 Å². The van der Waals surface area contributed by atoms with E-state index in [2.05, 4.69) is 4.98 Å². The molecule has 80 valence electrons. The molecule has 0 amide bonds. The number of aromatic nitrogens is 1. The SMILES string of the molecule is CC1(C)CC1(C(=O)O)c1ncccc1F. The van der Waals surface area contributed by atoms with E-state index in [4.69, 9.17) is 0 Å². The minimum Gasteiger partial charge on any atom is -0.481 e. The maximum Gasteiger partial charge on any atom is 0.316 e. The van der Waals surface area contributed by atoms with Gasteiger partial charge in [-0.25, -0.2) is 4.39 Å². The van der Waals surface area contributed by atoms with Gasteiger partial charge in [-0.05, 0) is 24.0 Å². The van der Waals surface area contributed by atoms with E-state index in [1.807, 2.05) is 13.8 Å². The summed E-state index contributed by atoms with van der Waals surface area (Å²) in [6.07, 6.45) is 1.86. The second-order valence-corrected chi connectivity index (χ2v) is 4.60. The molecule has 0 aromatic carbocycles. The highest BCUT2D eigenvalue weighted by atomic mass is 19.1. The molecule has 3 nitrogen and oxygen atoms in total. The van der Waals surface area contributed by atoms with E-state index in [1.165, 1.54) is 18.3 Å². The van der Waals surface area contributed by atoms with Gasteiger partial charge in [-0.15, -0.1) is 0 Å². The first kappa shape index (κ1) is 10.1. The zero-order valence-electron chi connectivity index (χ0n) is 8.62. The zero-order chi connectivity index (χ0) is 11.3. The molecule has 1 unspecified atom stereocenters. The second-order valence-electron chi connectivity index (χ2n) is 4.60. The van der Waals surface area contributed by atoms with E-state index in [0.29, 0.717) is 6.42 Å². The predicted octanol–water partition coefficient (Wildman–Crippen LogP) is 1.97. The molecule has 0 radical (unpaired) electrons. The highest BCUT2D eigenvalue weighted by Crippen LogP contribution is 2.64. The lowest BCUT2D eigenvalue weighted by Crippen LogP contribution is -2.27. The minimum atomic E-state index is -1.14. The molecule has 1 aromatic rings. The van der Waals surface area contributed by atoms with Crippen LogP contribution < -0.4 is 0 Å². The van der Waals surface area contributed by atoms with E-state index in [9.17, 15) is 14.3 Å². The number of rotatable bonds is 2. The number of nitrogens with zero attached hydrogens (tertiary/aromatic N) is 1. The quantitative estimate of drug-likeness (QED) is 0.810. The van der Waals surface area contributed by atoms with Crippen molar-refractivity contribution in [2.45, 2.75) is 25.7 Å². The van der Waals surface area contributed by atoms with Crippen LogP contribution >= 0.6 is 0 Å². The molecule has 1 heterocycles. The first-order valence-corrected chi connectivity index (χ1v) is 4.76. The Kier molecular flexibility index (Phi) is 1.87. The summed E-state index contributed by atoms with van der Waals surface area (Å²) in [6, 6.07) is 2.71. The van der Waals surface area contributed by atoms with Gasteiger partial charge >= 0.3 is 5.97 Å². The fourth-order valence-electron chi connectivity index (χ4n) is 2.19. The summed E-state index contributed by atoms with van der Waals surface area (Å²) < 4.78 is 13.5. The van der Waals surface area contributed by atoms with Crippen LogP contribution in [0.4, 0.5) is 4.39 Å². The van der Waals surface area contributed by atoms with Gasteiger partial charge < -0.3 is 5.11 Å². The highest BCUT2D eigenvalue weighted by Gasteiger charge is 2.69. The Balaban J connectivity index is 2.55. The number of pyridine rings is 1. The molecule has 1 fully saturated rings. The summed E-state index contributed by atoms with van der Waals surface area (Å²) in [6.45, 7) is 3.63. The molecule has 0 spiro atoms. The summed E-state index contributed by atoms with van der Waals surface area (Å²) in [7, 11) is 0. The van der Waals surface area contributed by atoms with Crippen molar-refractivity contribution in [3.8, 4) is 0 Å². The van der Waals surface area contributed by atoms with E-state index in [-0.39, 0.29) is 5.69 Å². The Labute approximate surface area is 87.0 Å². The molecule has 2 rings (SSSR count). The Bertz CT molecular complexity index is 430. The average Bonchev–Trinajstić information content (AvgIpc) is 2.71. The zero-order valence-corrected chi connectivity index (χ0v) is 8.62. The smallest absolute Gasteiger partial charge is 0.316 e. The van der Waals surface area contributed by atoms with Crippen molar-refractivity contribution in [1.29, 1.82) is 0 Å². The van der Waals surface area contributed by atoms with Crippen LogP contribution in [-0.2, 0) is 10.2 Å². The van der Waals surface area contributed by atoms with Crippen LogP contribution in [0.3, 0.4) is 0 Å². The fraction of sp³-hybridized carbons (Fsp3) is 0.455. The monoisotopic (exact) mass is 209 g/mol. The number of hydrogen-bond acceptors (Lipinski definition) is 2. The van der Waals surface area contributed by atoms with Gasteiger partial charge in [0.15, 0.2) is 0 Å². The lowest BCUT2D eigenvalue weighted by Gasteiger charge is -2.15. The van der Waals surface area contributed by atoms with Crippen LogP contribution in [0.15, 0.2) is 18.3 Å². The summed E-state index contributed by atoms with van der Waals surface area (Å²) in [4.78, 5) is 15.1. The van der Waals surface area contributed by atoms with Gasteiger partial charge in [0.1, 0.15) is 11.2 Å². The third kappa shape index (κ3) is 1.17. The molecular formula is C11H12FNO2. The number of halogens is 1. The average molecular weight is 209 g/mol. The Morgan fingerprint density at radius 1 is 1.60 bits per heavy atom. The van der Waals surface area contributed by atoms with Crippen LogP contribution in [0.25, 0.3) is 0 Å². The molecule has 1 aromatic heterocycles. The lowest BCUT2D eigenvalue weighted by atomic mass is 9.91. The van der Waals surface area contributed by atoms with Gasteiger partial charge in [0.05, 0.1) is 5.69 Å². The molecule has 1 aliphatic carbocycles. The third-order valence-corrected chi connectivity index (χ3v) is 3.27. The van der Waals surface area contributed by atoms with Crippen LogP contribution in [0.2, 0.25) is 0 Å². The maximum absolute atomic E-state index is 13.5. The summed E-state index contributed by atoms with van der Waals surface area (Å²) in [5, 5.41) is 9.21. The van der Waals surface area contributed by atoms with Crippen molar-refractivity contribution < 1.29 is 14.3 Å². The standard InChI is InChI=1S/C11H12FNO2/c1-10(2)6-11(10,9(14)15)8-7(12)4-3-5-13-8/h3-5H,6H2,1-2H3,(H,14,15). The highest BCUT2D eigenvalue weighted by molar-refractivity contribution is 5.86. The lowest BCUT2D eigenvalue weighted by molar-refractivity contribution is -0.141. The van der Waals surface area contributed by atoms with Crippen LogP contribution in [0.1, 0.15) is 26.0 Å². The molecule has 0 aliphatic heterocycles. The Hall–Kier alpha value is -1.45. The van der Waals surface area contributed by atoms with Crippen molar-refractivity contribution in [3.63, 3.8) is 0 Å². The van der Waals surface area contributed by atoms with Crippen molar-refractivity contribution >= 4 is 5.97 Å². The molecule has 0 bridgehead atoms. The largest absolute Gasteiger partial charge is 0.481 e. The van der Waals surface area contributed by atoms with E-state index < -0.39 is 22.6 Å². The minimum absolute atomic E-state index is 0.0579. The van der Waals surface area contributed by atoms with E-state index in [1.54, 1.807) is 0 Å². The summed E-state index contributed by atoms with van der Waals surface area (Å²) >= 11 is 0. The fourth-order valence-corrected chi connectivity index (χ4v) is 2.19. The number of carboxylic acid groups (broad SMARTS) is 1. The number of carboxylic acids is 1. The maximum atomic E-state index is 13.5. The Morgan fingerprint density at radius 2 is 2.20 bits per heavy atom. The molecule has 1 aliphatic rings. The van der Waals surface area contributed by atoms with E-state index in [0.717, 1.165) is 0 Å². The first-order chi connectivity index (χ1) is 6.92. The molecule has 0 saturated heterocycles. The van der Waals surface area contributed by atoms with Gasteiger partial charge in [0.2, 0.25) is 0 Å². The molecule has 1 N–H and O–H groups in total. The topological polar surface area (TPSA) is 50.2 Å². The number of carbonyl (C=O) groups is 1. The molecule has 1 saturated carbocycles. The normalized spacial score (nSPS) is 27.4. The number of hydrogen-bond donors (Lipinski definition) is 1. The van der Waals surface area contributed by atoms with Crippen molar-refractivity contribution in [2.75, 3.05) is 0 Å². The molecule has 4 heteroatoms. The second kappa shape index (κ2) is 2.78. The van der Waals surface area contributed by atoms with Crippen molar-refractivity contribution in [3.05, 3.63) is 29.8 Å². The van der Waals surface area contributed by atoms with Crippen molar-refractivity contribution in [1.82, 2.24) is 4.98 Å². The van der Waals surface area contributed by atoms with Gasteiger partial charge in [-0.2, -0.15) is 0 Å². The predicted molar refractivity (Wildman–Crippen MR) is 51.9 cm³/mol.